The van der Waals surface area contributed by atoms with Crippen LogP contribution in [-0.2, 0) is 15.6 Å². The Kier molecular flexibility index (Phi) is 13.5. The van der Waals surface area contributed by atoms with Crippen molar-refractivity contribution in [3.05, 3.63) is 66.6 Å². The third kappa shape index (κ3) is 10.4. The molecule has 246 valence electrons. The van der Waals surface area contributed by atoms with Crippen LogP contribution in [0.25, 0.3) is 21.9 Å². The highest BCUT2D eigenvalue weighted by Gasteiger charge is 2.36. The Hall–Kier alpha value is -2.74. The first-order chi connectivity index (χ1) is 21.7. The molecule has 0 saturated heterocycles. The number of ether oxygens (including phenoxy) is 2. The average molecular weight is 632 g/mol. The van der Waals surface area contributed by atoms with E-state index in [1.807, 2.05) is 25.5 Å². The standard InChI is InChI=1S/C38H57N3O3Si/c1-7-42-29-32(41-30-40-36-28-39-35-20-16-15-19-34(35)37(36)41)27-31-21-23-33(24-22-31)43-25-17-13-11-9-8-10-12-14-18-26-44-45(5,6)38(2,3)4/h15-16,19-24,28,30,32H,7-14,17-18,25-27,29H2,1-6H3. The Morgan fingerprint density at radius 3 is 2.09 bits per heavy atom. The lowest BCUT2D eigenvalue weighted by Gasteiger charge is -2.36. The lowest BCUT2D eigenvalue weighted by atomic mass is 10.1. The molecule has 0 fully saturated rings. The van der Waals surface area contributed by atoms with E-state index < -0.39 is 8.32 Å². The third-order valence-electron chi connectivity index (χ3n) is 9.44. The Balaban J connectivity index is 1.13. The number of pyridine rings is 1. The fraction of sp³-hybridized carbons (Fsp3) is 0.579. The van der Waals surface area contributed by atoms with Gasteiger partial charge in [0.2, 0.25) is 0 Å². The number of imidazole rings is 1. The van der Waals surface area contributed by atoms with E-state index in [1.165, 1.54) is 56.9 Å². The van der Waals surface area contributed by atoms with Crippen molar-refractivity contribution in [2.24, 2.45) is 0 Å². The zero-order valence-electron chi connectivity index (χ0n) is 28.8. The minimum Gasteiger partial charge on any atom is -0.494 e. The van der Waals surface area contributed by atoms with Crippen molar-refractivity contribution >= 4 is 30.3 Å². The van der Waals surface area contributed by atoms with Gasteiger partial charge >= 0.3 is 0 Å². The van der Waals surface area contributed by atoms with Gasteiger partial charge in [0, 0.05) is 18.6 Å². The molecule has 2 aromatic carbocycles. The van der Waals surface area contributed by atoms with Crippen LogP contribution in [0.2, 0.25) is 18.1 Å². The molecular weight excluding hydrogens is 575 g/mol. The van der Waals surface area contributed by atoms with Crippen LogP contribution in [0.1, 0.15) is 97.1 Å². The molecule has 2 heterocycles. The second-order valence-corrected chi connectivity index (χ2v) is 18.8. The molecule has 0 aliphatic heterocycles. The second-order valence-electron chi connectivity index (χ2n) is 14.0. The van der Waals surface area contributed by atoms with Crippen molar-refractivity contribution in [1.29, 1.82) is 0 Å². The summed E-state index contributed by atoms with van der Waals surface area (Å²) in [6.07, 6.45) is 16.2. The number of rotatable bonds is 20. The normalized spacial score (nSPS) is 13.1. The van der Waals surface area contributed by atoms with Crippen molar-refractivity contribution < 1.29 is 13.9 Å². The molecule has 0 aliphatic rings. The number of hydrogen-bond donors (Lipinski definition) is 0. The molecule has 4 rings (SSSR count). The van der Waals surface area contributed by atoms with Gasteiger partial charge in [-0.25, -0.2) is 4.98 Å². The van der Waals surface area contributed by atoms with Gasteiger partial charge in [0.15, 0.2) is 8.32 Å². The van der Waals surface area contributed by atoms with Gasteiger partial charge in [-0.1, -0.05) is 96.0 Å². The predicted octanol–water partition coefficient (Wildman–Crippen LogP) is 10.3. The van der Waals surface area contributed by atoms with Crippen LogP contribution < -0.4 is 4.74 Å². The predicted molar refractivity (Wildman–Crippen MR) is 191 cm³/mol. The quantitative estimate of drug-likeness (QED) is 0.0717. The molecule has 6 nitrogen and oxygen atoms in total. The minimum absolute atomic E-state index is 0.133. The molecular formula is C38H57N3O3Si. The number of para-hydroxylation sites is 1. The Labute approximate surface area is 273 Å². The van der Waals surface area contributed by atoms with E-state index in [0.717, 1.165) is 53.7 Å². The zero-order chi connectivity index (χ0) is 32.1. The summed E-state index contributed by atoms with van der Waals surface area (Å²) < 4.78 is 20.6. The molecule has 2 aromatic heterocycles. The lowest BCUT2D eigenvalue weighted by Crippen LogP contribution is -2.40. The van der Waals surface area contributed by atoms with E-state index in [0.29, 0.717) is 18.3 Å². The summed E-state index contributed by atoms with van der Waals surface area (Å²) in [6, 6.07) is 17.0. The molecule has 1 unspecified atom stereocenters. The van der Waals surface area contributed by atoms with Crippen LogP contribution in [-0.4, -0.2) is 49.3 Å². The molecule has 0 amide bonds. The molecule has 0 radical (unpaired) electrons. The smallest absolute Gasteiger partial charge is 0.191 e. The van der Waals surface area contributed by atoms with Gasteiger partial charge in [-0.15, -0.1) is 0 Å². The molecule has 1 atom stereocenters. The molecule has 0 bridgehead atoms. The Morgan fingerprint density at radius 1 is 0.778 bits per heavy atom. The summed E-state index contributed by atoms with van der Waals surface area (Å²) in [6.45, 7) is 16.7. The highest BCUT2D eigenvalue weighted by atomic mass is 28.4. The van der Waals surface area contributed by atoms with Crippen LogP contribution in [0, 0.1) is 0 Å². The Bertz CT molecular complexity index is 1430. The fourth-order valence-electron chi connectivity index (χ4n) is 5.60. The monoisotopic (exact) mass is 631 g/mol. The van der Waals surface area contributed by atoms with E-state index in [1.54, 1.807) is 0 Å². The maximum absolute atomic E-state index is 6.30. The van der Waals surface area contributed by atoms with E-state index in [9.17, 15) is 0 Å². The van der Waals surface area contributed by atoms with Crippen LogP contribution in [0.4, 0.5) is 0 Å². The van der Waals surface area contributed by atoms with Crippen molar-refractivity contribution in [1.82, 2.24) is 14.5 Å². The van der Waals surface area contributed by atoms with E-state index in [4.69, 9.17) is 13.9 Å². The van der Waals surface area contributed by atoms with Gasteiger partial charge in [-0.2, -0.15) is 0 Å². The number of unbranched alkanes of at least 4 members (excludes halogenated alkanes) is 8. The summed E-state index contributed by atoms with van der Waals surface area (Å²) in [5.41, 5.74) is 4.28. The van der Waals surface area contributed by atoms with Crippen LogP contribution in [0.5, 0.6) is 5.75 Å². The summed E-state index contributed by atoms with van der Waals surface area (Å²) in [5.74, 6) is 0.947. The molecule has 0 spiro atoms. The fourth-order valence-corrected chi connectivity index (χ4v) is 6.69. The number of fused-ring (bicyclic) bond motifs is 3. The van der Waals surface area contributed by atoms with Crippen molar-refractivity contribution in [3.63, 3.8) is 0 Å². The summed E-state index contributed by atoms with van der Waals surface area (Å²) in [7, 11) is -1.58. The highest BCUT2D eigenvalue weighted by Crippen LogP contribution is 2.36. The molecule has 0 aliphatic carbocycles. The summed E-state index contributed by atoms with van der Waals surface area (Å²) >= 11 is 0. The number of benzene rings is 2. The summed E-state index contributed by atoms with van der Waals surface area (Å²) in [5, 5.41) is 1.43. The Morgan fingerprint density at radius 2 is 1.42 bits per heavy atom. The van der Waals surface area contributed by atoms with E-state index in [2.05, 4.69) is 90.9 Å². The second kappa shape index (κ2) is 17.3. The SMILES string of the molecule is CCOCC(Cc1ccc(OCCCCCCCCCCCO[Si](C)(C)C(C)(C)C)cc1)n1cnc2cnc3ccccc3c21. The third-order valence-corrected chi connectivity index (χ3v) is 14.0. The van der Waals surface area contributed by atoms with Crippen LogP contribution in [0.15, 0.2) is 61.1 Å². The van der Waals surface area contributed by atoms with E-state index >= 15 is 0 Å². The van der Waals surface area contributed by atoms with Gasteiger partial charge in [0.05, 0.1) is 42.8 Å². The first-order valence-corrected chi connectivity index (χ1v) is 20.2. The van der Waals surface area contributed by atoms with Crippen LogP contribution in [0.3, 0.4) is 0 Å². The number of aromatic nitrogens is 3. The lowest BCUT2D eigenvalue weighted by molar-refractivity contribution is 0.114. The van der Waals surface area contributed by atoms with Crippen molar-refractivity contribution in [2.45, 2.75) is 116 Å². The highest BCUT2D eigenvalue weighted by molar-refractivity contribution is 6.74. The average Bonchev–Trinajstić information content (AvgIpc) is 3.46. The first-order valence-electron chi connectivity index (χ1n) is 17.3. The van der Waals surface area contributed by atoms with Gasteiger partial charge in [0.25, 0.3) is 0 Å². The largest absolute Gasteiger partial charge is 0.494 e. The first kappa shape index (κ1) is 35.1. The maximum atomic E-state index is 6.30. The zero-order valence-corrected chi connectivity index (χ0v) is 29.8. The van der Waals surface area contributed by atoms with Gasteiger partial charge in [0.1, 0.15) is 11.3 Å². The minimum atomic E-state index is -1.58. The maximum Gasteiger partial charge on any atom is 0.191 e. The number of hydrogen-bond acceptors (Lipinski definition) is 5. The van der Waals surface area contributed by atoms with Crippen molar-refractivity contribution in [2.75, 3.05) is 26.4 Å². The van der Waals surface area contributed by atoms with Crippen LogP contribution >= 0.6 is 0 Å². The summed E-state index contributed by atoms with van der Waals surface area (Å²) in [4.78, 5) is 9.26. The van der Waals surface area contributed by atoms with E-state index in [-0.39, 0.29) is 6.04 Å². The molecule has 45 heavy (non-hydrogen) atoms. The van der Waals surface area contributed by atoms with Gasteiger partial charge < -0.3 is 18.5 Å². The van der Waals surface area contributed by atoms with Crippen molar-refractivity contribution in [3.8, 4) is 5.75 Å². The van der Waals surface area contributed by atoms with Gasteiger partial charge in [-0.05, 0) is 68.1 Å². The topological polar surface area (TPSA) is 58.4 Å². The van der Waals surface area contributed by atoms with Gasteiger partial charge in [-0.3, -0.25) is 4.98 Å². The molecule has 4 aromatic rings. The molecule has 0 N–H and O–H groups in total. The molecule has 7 heteroatoms. The number of nitrogens with zero attached hydrogens (tertiary/aromatic N) is 3. The molecule has 0 saturated carbocycles.